The predicted octanol–water partition coefficient (Wildman–Crippen LogP) is 1.25. The third-order valence-corrected chi connectivity index (χ3v) is 3.15. The van der Waals surface area contributed by atoms with Crippen molar-refractivity contribution < 1.29 is 24.3 Å². The Labute approximate surface area is 134 Å². The normalized spacial score (nSPS) is 10.0. The van der Waals surface area contributed by atoms with E-state index in [9.17, 15) is 4.79 Å². The highest BCUT2D eigenvalue weighted by atomic mass is 16.6. The maximum Gasteiger partial charge on any atom is 0.488 e. The largest absolute Gasteiger partial charge is 0.490 e. The molecule has 6 heteroatoms. The zero-order chi connectivity index (χ0) is 16.7. The van der Waals surface area contributed by atoms with Crippen LogP contribution < -0.4 is 10.2 Å². The first kappa shape index (κ1) is 16.8. The van der Waals surface area contributed by atoms with Crippen LogP contribution in [0.25, 0.3) is 6.08 Å². The van der Waals surface area contributed by atoms with Gasteiger partial charge in [0, 0.05) is 0 Å². The molecule has 2 aromatic carbocycles. The van der Waals surface area contributed by atoms with Crippen LogP contribution >= 0.6 is 0 Å². The summed E-state index contributed by atoms with van der Waals surface area (Å²) in [5.74, 6) is 0.197. The van der Waals surface area contributed by atoms with Gasteiger partial charge in [0.1, 0.15) is 19.0 Å². The summed E-state index contributed by atoms with van der Waals surface area (Å²) in [6.45, 7) is 4.03. The average Bonchev–Trinajstić information content (AvgIpc) is 2.59. The number of esters is 1. The van der Waals surface area contributed by atoms with Gasteiger partial charge >= 0.3 is 13.1 Å². The van der Waals surface area contributed by atoms with Gasteiger partial charge in [0.05, 0.1) is 5.56 Å². The third-order valence-electron chi connectivity index (χ3n) is 3.15. The van der Waals surface area contributed by atoms with Gasteiger partial charge in [0.2, 0.25) is 0 Å². The molecule has 23 heavy (non-hydrogen) atoms. The molecule has 0 bridgehead atoms. The summed E-state index contributed by atoms with van der Waals surface area (Å²) < 4.78 is 10.6. The van der Waals surface area contributed by atoms with Gasteiger partial charge in [0.25, 0.3) is 0 Å². The summed E-state index contributed by atoms with van der Waals surface area (Å²) in [5.41, 5.74) is 1.65. The van der Waals surface area contributed by atoms with Crippen LogP contribution in [0, 0.1) is 0 Å². The summed E-state index contributed by atoms with van der Waals surface area (Å²) in [7, 11) is -1.55. The predicted molar refractivity (Wildman–Crippen MR) is 88.6 cm³/mol. The molecule has 0 saturated heterocycles. The first-order valence-corrected chi connectivity index (χ1v) is 7.08. The van der Waals surface area contributed by atoms with Crippen molar-refractivity contribution >= 4 is 24.6 Å². The number of carbonyl (C=O) groups excluding carboxylic acids is 1. The maximum atomic E-state index is 11.8. The summed E-state index contributed by atoms with van der Waals surface area (Å²) in [5, 5.41) is 18.0. The van der Waals surface area contributed by atoms with Crippen LogP contribution in [0.2, 0.25) is 0 Å². The lowest BCUT2D eigenvalue weighted by Gasteiger charge is -2.08. The van der Waals surface area contributed by atoms with Crippen LogP contribution in [0.5, 0.6) is 5.75 Å². The highest BCUT2D eigenvalue weighted by molar-refractivity contribution is 6.58. The molecule has 2 N–H and O–H groups in total. The molecule has 0 saturated carbocycles. The summed E-state index contributed by atoms with van der Waals surface area (Å²) in [6, 6.07) is 13.3. The molecule has 0 aliphatic rings. The zero-order valence-electron chi connectivity index (χ0n) is 12.5. The fraction of sp³-hybridized carbons (Fsp3) is 0.118. The first-order chi connectivity index (χ1) is 11.1. The Balaban J connectivity index is 1.76. The molecule has 5 nitrogen and oxygen atoms in total. The minimum atomic E-state index is -1.55. The molecule has 2 aromatic rings. The van der Waals surface area contributed by atoms with E-state index in [-0.39, 0.29) is 13.2 Å². The second-order valence-electron chi connectivity index (χ2n) is 4.75. The van der Waals surface area contributed by atoms with Crippen LogP contribution in [-0.4, -0.2) is 36.3 Å². The van der Waals surface area contributed by atoms with E-state index in [4.69, 9.17) is 19.5 Å². The van der Waals surface area contributed by atoms with E-state index in [1.165, 1.54) is 24.3 Å². The van der Waals surface area contributed by atoms with Crippen molar-refractivity contribution in [2.75, 3.05) is 13.2 Å². The smallest absolute Gasteiger partial charge is 0.488 e. The topological polar surface area (TPSA) is 76.0 Å². The number of ether oxygens (including phenoxy) is 2. The average molecular weight is 312 g/mol. The van der Waals surface area contributed by atoms with Crippen LogP contribution in [0.1, 0.15) is 15.9 Å². The fourth-order valence-corrected chi connectivity index (χ4v) is 1.87. The Hall–Kier alpha value is -2.57. The Bertz CT molecular complexity index is 650. The molecule has 0 aliphatic carbocycles. The van der Waals surface area contributed by atoms with Gasteiger partial charge in [-0.15, -0.1) is 0 Å². The van der Waals surface area contributed by atoms with Crippen molar-refractivity contribution in [2.45, 2.75) is 0 Å². The van der Waals surface area contributed by atoms with Gasteiger partial charge < -0.3 is 19.5 Å². The molecular weight excluding hydrogens is 295 g/mol. The van der Waals surface area contributed by atoms with Crippen LogP contribution in [0.3, 0.4) is 0 Å². The van der Waals surface area contributed by atoms with Gasteiger partial charge in [-0.2, -0.15) is 0 Å². The van der Waals surface area contributed by atoms with E-state index in [1.807, 2.05) is 24.3 Å². The van der Waals surface area contributed by atoms with E-state index in [0.717, 1.165) is 5.56 Å². The van der Waals surface area contributed by atoms with Crippen LogP contribution in [-0.2, 0) is 4.74 Å². The number of carbonyl (C=O) groups is 1. The number of hydrogen-bond acceptors (Lipinski definition) is 5. The van der Waals surface area contributed by atoms with E-state index < -0.39 is 13.1 Å². The zero-order valence-corrected chi connectivity index (χ0v) is 12.5. The van der Waals surface area contributed by atoms with Gasteiger partial charge in [-0.25, -0.2) is 4.79 Å². The van der Waals surface area contributed by atoms with Crippen molar-refractivity contribution in [3.63, 3.8) is 0 Å². The minimum Gasteiger partial charge on any atom is -0.490 e. The van der Waals surface area contributed by atoms with Crippen molar-refractivity contribution in [1.82, 2.24) is 0 Å². The van der Waals surface area contributed by atoms with Gasteiger partial charge in [-0.3, -0.25) is 0 Å². The SMILES string of the molecule is C=Cc1ccc(OCCOC(=O)c2ccc(B(O)O)cc2)cc1. The van der Waals surface area contributed by atoms with E-state index >= 15 is 0 Å². The standard InChI is InChI=1S/C17H17BO5/c1-2-13-3-9-16(10-4-13)22-11-12-23-17(19)14-5-7-15(8-6-14)18(20)21/h2-10,20-21H,1,11-12H2. The molecular formula is C17H17BO5. The van der Waals surface area contributed by atoms with Crippen molar-refractivity contribution in [3.05, 3.63) is 66.2 Å². The lowest BCUT2D eigenvalue weighted by atomic mass is 9.80. The minimum absolute atomic E-state index is 0.117. The van der Waals surface area contributed by atoms with Gasteiger partial charge in [-0.05, 0) is 35.3 Å². The summed E-state index contributed by atoms with van der Waals surface area (Å²) in [4.78, 5) is 11.8. The molecule has 0 fully saturated rings. The van der Waals surface area contributed by atoms with Crippen molar-refractivity contribution in [1.29, 1.82) is 0 Å². The Kier molecular flexibility index (Phi) is 5.97. The molecule has 0 amide bonds. The molecule has 0 aromatic heterocycles. The quantitative estimate of drug-likeness (QED) is 0.457. The van der Waals surface area contributed by atoms with Crippen molar-refractivity contribution in [3.8, 4) is 5.75 Å². The Morgan fingerprint density at radius 2 is 1.70 bits per heavy atom. The monoisotopic (exact) mass is 312 g/mol. The van der Waals surface area contributed by atoms with E-state index in [1.54, 1.807) is 6.08 Å². The summed E-state index contributed by atoms with van der Waals surface area (Å²) in [6.07, 6.45) is 1.74. The lowest BCUT2D eigenvalue weighted by molar-refractivity contribution is 0.0450. The molecule has 0 aliphatic heterocycles. The first-order valence-electron chi connectivity index (χ1n) is 7.08. The molecule has 2 rings (SSSR count). The van der Waals surface area contributed by atoms with Gasteiger partial charge in [0.15, 0.2) is 0 Å². The van der Waals surface area contributed by atoms with Gasteiger partial charge in [-0.1, -0.05) is 36.9 Å². The fourth-order valence-electron chi connectivity index (χ4n) is 1.87. The second kappa shape index (κ2) is 8.17. The van der Waals surface area contributed by atoms with Crippen LogP contribution in [0.15, 0.2) is 55.1 Å². The number of benzene rings is 2. The van der Waals surface area contributed by atoms with Crippen LogP contribution in [0.4, 0.5) is 0 Å². The molecule has 118 valence electrons. The summed E-state index contributed by atoms with van der Waals surface area (Å²) >= 11 is 0. The molecule has 0 spiro atoms. The third kappa shape index (κ3) is 4.98. The van der Waals surface area contributed by atoms with Crippen molar-refractivity contribution in [2.24, 2.45) is 0 Å². The molecule has 0 unspecified atom stereocenters. The van der Waals surface area contributed by atoms with E-state index in [2.05, 4.69) is 6.58 Å². The highest BCUT2D eigenvalue weighted by Gasteiger charge is 2.12. The highest BCUT2D eigenvalue weighted by Crippen LogP contribution is 2.12. The van der Waals surface area contributed by atoms with E-state index in [0.29, 0.717) is 16.8 Å². The molecule has 0 radical (unpaired) electrons. The second-order valence-corrected chi connectivity index (χ2v) is 4.75. The number of rotatable bonds is 7. The Morgan fingerprint density at radius 1 is 1.04 bits per heavy atom. The maximum absolute atomic E-state index is 11.8. The number of hydrogen-bond donors (Lipinski definition) is 2. The molecule has 0 heterocycles. The molecule has 0 atom stereocenters. The Morgan fingerprint density at radius 3 is 2.26 bits per heavy atom. The lowest BCUT2D eigenvalue weighted by Crippen LogP contribution is -2.29.